The molecular weight excluding hydrogens is 257 g/mol. The van der Waals surface area contributed by atoms with Gasteiger partial charge in [-0.3, -0.25) is 0 Å². The van der Waals surface area contributed by atoms with E-state index in [4.69, 9.17) is 21.1 Å². The highest BCUT2D eigenvalue weighted by atomic mass is 35.5. The number of hydrogen-bond acceptors (Lipinski definition) is 3. The lowest BCUT2D eigenvalue weighted by Crippen LogP contribution is -2.25. The Kier molecular flexibility index (Phi) is 3.31. The molecule has 1 aromatic rings. The average molecular weight is 272 g/mol. The Bertz CT molecular complexity index is 461. The lowest BCUT2D eigenvalue weighted by atomic mass is 10.0. The predicted octanol–water partition coefficient (Wildman–Crippen LogP) is 2.54. The van der Waals surface area contributed by atoms with Crippen LogP contribution in [0.2, 0.25) is 5.02 Å². The normalized spacial score (nSPS) is 22.2. The van der Waals surface area contributed by atoms with Gasteiger partial charge in [-0.05, 0) is 25.8 Å². The lowest BCUT2D eigenvalue weighted by Gasteiger charge is -2.23. The van der Waals surface area contributed by atoms with Crippen molar-refractivity contribution in [2.45, 2.75) is 25.3 Å². The Morgan fingerprint density at radius 2 is 2.22 bits per heavy atom. The number of halogens is 2. The maximum Gasteiger partial charge on any atom is 0.167 e. The van der Waals surface area contributed by atoms with Crippen LogP contribution in [0.5, 0.6) is 11.5 Å². The fourth-order valence-corrected chi connectivity index (χ4v) is 2.77. The van der Waals surface area contributed by atoms with Gasteiger partial charge in [-0.15, -0.1) is 0 Å². The Morgan fingerprint density at radius 1 is 1.39 bits per heavy atom. The second kappa shape index (κ2) is 4.94. The topological polar surface area (TPSA) is 30.5 Å². The number of benzene rings is 1. The molecule has 1 atom stereocenters. The molecule has 1 saturated heterocycles. The van der Waals surface area contributed by atoms with E-state index in [9.17, 15) is 4.39 Å². The molecule has 1 unspecified atom stereocenters. The first kappa shape index (κ1) is 12.1. The van der Waals surface area contributed by atoms with Crippen LogP contribution in [-0.4, -0.2) is 25.8 Å². The molecule has 18 heavy (non-hydrogen) atoms. The number of fused-ring (bicyclic) bond motifs is 1. The van der Waals surface area contributed by atoms with Gasteiger partial charge in [-0.2, -0.15) is 0 Å². The minimum atomic E-state index is -0.380. The minimum Gasteiger partial charge on any atom is -0.486 e. The van der Waals surface area contributed by atoms with E-state index in [1.807, 2.05) is 0 Å². The van der Waals surface area contributed by atoms with Crippen LogP contribution in [0.15, 0.2) is 6.07 Å². The van der Waals surface area contributed by atoms with E-state index in [2.05, 4.69) is 5.32 Å². The number of nitrogens with one attached hydrogen (secondary N) is 1. The van der Waals surface area contributed by atoms with E-state index in [-0.39, 0.29) is 10.8 Å². The van der Waals surface area contributed by atoms with E-state index >= 15 is 0 Å². The molecule has 0 spiro atoms. The summed E-state index contributed by atoms with van der Waals surface area (Å²) in [7, 11) is 0. The van der Waals surface area contributed by atoms with E-state index in [0.29, 0.717) is 42.7 Å². The van der Waals surface area contributed by atoms with Crippen molar-refractivity contribution in [2.24, 2.45) is 0 Å². The average Bonchev–Trinajstić information content (AvgIpc) is 2.88. The van der Waals surface area contributed by atoms with Crippen LogP contribution < -0.4 is 14.8 Å². The second-order valence-corrected chi connectivity index (χ2v) is 5.08. The molecule has 3 nitrogen and oxygen atoms in total. The standard InChI is InChI=1S/C13H15ClFNO2/c14-10-7-11-13(18-5-4-17-11)9(12(10)15)6-8-2-1-3-16-8/h7-8,16H,1-6H2. The third kappa shape index (κ3) is 2.15. The van der Waals surface area contributed by atoms with Gasteiger partial charge in [0.25, 0.3) is 0 Å². The Labute approximate surface area is 110 Å². The molecule has 98 valence electrons. The Balaban J connectivity index is 1.97. The van der Waals surface area contributed by atoms with Crippen molar-refractivity contribution in [1.82, 2.24) is 5.32 Å². The molecule has 2 aliphatic heterocycles. The maximum atomic E-state index is 14.1. The van der Waals surface area contributed by atoms with Crippen molar-refractivity contribution >= 4 is 11.6 Å². The summed E-state index contributed by atoms with van der Waals surface area (Å²) in [6.45, 7) is 1.93. The van der Waals surface area contributed by atoms with Crippen molar-refractivity contribution < 1.29 is 13.9 Å². The van der Waals surface area contributed by atoms with Gasteiger partial charge in [0.05, 0.1) is 5.02 Å². The smallest absolute Gasteiger partial charge is 0.167 e. The minimum absolute atomic E-state index is 0.104. The van der Waals surface area contributed by atoms with Crippen LogP contribution in [0.1, 0.15) is 18.4 Å². The zero-order valence-electron chi connectivity index (χ0n) is 9.97. The largest absolute Gasteiger partial charge is 0.486 e. The molecule has 3 rings (SSSR count). The summed E-state index contributed by atoms with van der Waals surface area (Å²) in [5.41, 5.74) is 0.539. The van der Waals surface area contributed by atoms with Gasteiger partial charge in [-0.25, -0.2) is 4.39 Å². The first-order valence-electron chi connectivity index (χ1n) is 6.25. The number of hydrogen-bond donors (Lipinski definition) is 1. The zero-order valence-corrected chi connectivity index (χ0v) is 10.7. The predicted molar refractivity (Wildman–Crippen MR) is 67.1 cm³/mol. The van der Waals surface area contributed by atoms with Crippen LogP contribution in [0.25, 0.3) is 0 Å². The summed E-state index contributed by atoms with van der Waals surface area (Å²) >= 11 is 5.91. The van der Waals surface area contributed by atoms with E-state index in [1.54, 1.807) is 0 Å². The van der Waals surface area contributed by atoms with Gasteiger partial charge < -0.3 is 14.8 Å². The molecule has 0 aliphatic carbocycles. The monoisotopic (exact) mass is 271 g/mol. The molecule has 1 aromatic carbocycles. The second-order valence-electron chi connectivity index (χ2n) is 4.67. The van der Waals surface area contributed by atoms with Crippen LogP contribution >= 0.6 is 11.6 Å². The van der Waals surface area contributed by atoms with Crippen molar-refractivity contribution in [2.75, 3.05) is 19.8 Å². The summed E-state index contributed by atoms with van der Waals surface area (Å²) in [5, 5.41) is 3.46. The van der Waals surface area contributed by atoms with Gasteiger partial charge in [0.2, 0.25) is 0 Å². The summed E-state index contributed by atoms with van der Waals surface area (Å²) in [6.07, 6.45) is 2.78. The molecule has 0 amide bonds. The SMILES string of the molecule is Fc1c(Cl)cc2c(c1CC1CCCN1)OCCO2. The molecule has 5 heteroatoms. The number of rotatable bonds is 2. The van der Waals surface area contributed by atoms with Crippen molar-refractivity contribution in [3.8, 4) is 11.5 Å². The van der Waals surface area contributed by atoms with E-state index in [0.717, 1.165) is 19.4 Å². The molecule has 0 bridgehead atoms. The first-order valence-corrected chi connectivity index (χ1v) is 6.63. The van der Waals surface area contributed by atoms with Gasteiger partial charge in [0.1, 0.15) is 19.0 Å². The fraction of sp³-hybridized carbons (Fsp3) is 0.538. The molecule has 1 fully saturated rings. The quantitative estimate of drug-likeness (QED) is 0.897. The molecule has 0 aromatic heterocycles. The van der Waals surface area contributed by atoms with Crippen LogP contribution in [0, 0.1) is 5.82 Å². The van der Waals surface area contributed by atoms with Crippen LogP contribution in [0.3, 0.4) is 0 Å². The Hall–Kier alpha value is -1.00. The summed E-state index contributed by atoms with van der Waals surface area (Å²) in [6, 6.07) is 1.80. The third-order valence-electron chi connectivity index (χ3n) is 3.43. The molecular formula is C13H15ClFNO2. The highest BCUT2D eigenvalue weighted by Crippen LogP contribution is 2.40. The molecule has 2 aliphatic rings. The van der Waals surface area contributed by atoms with Gasteiger partial charge in [0, 0.05) is 17.7 Å². The van der Waals surface area contributed by atoms with Gasteiger partial charge in [-0.1, -0.05) is 11.6 Å². The van der Waals surface area contributed by atoms with Crippen molar-refractivity contribution in [1.29, 1.82) is 0 Å². The van der Waals surface area contributed by atoms with E-state index < -0.39 is 0 Å². The summed E-state index contributed by atoms with van der Waals surface area (Å²) in [4.78, 5) is 0. The maximum absolute atomic E-state index is 14.1. The zero-order chi connectivity index (χ0) is 12.5. The lowest BCUT2D eigenvalue weighted by molar-refractivity contribution is 0.168. The van der Waals surface area contributed by atoms with Gasteiger partial charge in [0.15, 0.2) is 11.5 Å². The first-order chi connectivity index (χ1) is 8.75. The molecule has 0 saturated carbocycles. The van der Waals surface area contributed by atoms with E-state index in [1.165, 1.54) is 6.07 Å². The van der Waals surface area contributed by atoms with Crippen LogP contribution in [-0.2, 0) is 6.42 Å². The fourth-order valence-electron chi connectivity index (χ4n) is 2.56. The Morgan fingerprint density at radius 3 is 3.00 bits per heavy atom. The highest BCUT2D eigenvalue weighted by Gasteiger charge is 2.25. The molecule has 0 radical (unpaired) electrons. The van der Waals surface area contributed by atoms with Gasteiger partial charge >= 0.3 is 0 Å². The summed E-state index contributed by atoms with van der Waals surface area (Å²) in [5.74, 6) is 0.701. The van der Waals surface area contributed by atoms with Crippen molar-refractivity contribution in [3.63, 3.8) is 0 Å². The molecule has 1 N–H and O–H groups in total. The highest BCUT2D eigenvalue weighted by molar-refractivity contribution is 6.31. The number of ether oxygens (including phenoxy) is 2. The van der Waals surface area contributed by atoms with Crippen LogP contribution in [0.4, 0.5) is 4.39 Å². The summed E-state index contributed by atoms with van der Waals surface area (Å²) < 4.78 is 25.2. The third-order valence-corrected chi connectivity index (χ3v) is 3.71. The molecule has 2 heterocycles. The van der Waals surface area contributed by atoms with Crippen molar-refractivity contribution in [3.05, 3.63) is 22.5 Å².